The molecule has 1 aromatic carbocycles. The minimum Gasteiger partial charge on any atom is -0.475 e. The fourth-order valence-electron chi connectivity index (χ4n) is 2.86. The lowest BCUT2D eigenvalue weighted by Crippen LogP contribution is -2.29. The van der Waals surface area contributed by atoms with E-state index in [2.05, 4.69) is 15.2 Å². The van der Waals surface area contributed by atoms with Crippen molar-refractivity contribution in [2.24, 2.45) is 0 Å². The number of nitrogens with one attached hydrogen (secondary N) is 1. The average Bonchev–Trinajstić information content (AvgIpc) is 3.11. The van der Waals surface area contributed by atoms with Gasteiger partial charge in [-0.1, -0.05) is 0 Å². The van der Waals surface area contributed by atoms with Crippen LogP contribution in [-0.2, 0) is 11.0 Å². The molecule has 2 heterocycles. The summed E-state index contributed by atoms with van der Waals surface area (Å²) in [5, 5.41) is 10.0. The van der Waals surface area contributed by atoms with Gasteiger partial charge in [-0.05, 0) is 44.4 Å². The van der Waals surface area contributed by atoms with Gasteiger partial charge in [-0.2, -0.15) is 26.3 Å². The van der Waals surface area contributed by atoms with Crippen molar-refractivity contribution in [3.8, 4) is 0 Å². The minimum atomic E-state index is -5.08. The van der Waals surface area contributed by atoms with Gasteiger partial charge in [-0.25, -0.2) is 14.2 Å². The van der Waals surface area contributed by atoms with Gasteiger partial charge in [0.1, 0.15) is 11.5 Å². The Morgan fingerprint density at radius 2 is 1.67 bits per heavy atom. The molecule has 0 radical (unpaired) electrons. The number of aliphatic carboxylic acids is 1. The van der Waals surface area contributed by atoms with Gasteiger partial charge in [0.15, 0.2) is 5.13 Å². The number of hydrogen-bond acceptors (Lipinski definition) is 5. The number of piperidine rings is 1. The van der Waals surface area contributed by atoms with Crippen LogP contribution < -0.4 is 10.2 Å². The smallest absolute Gasteiger partial charge is 0.475 e. The number of thiazole rings is 1. The van der Waals surface area contributed by atoms with Crippen LogP contribution >= 0.6 is 11.3 Å². The lowest BCUT2D eigenvalue weighted by Gasteiger charge is -2.25. The van der Waals surface area contributed by atoms with Gasteiger partial charge in [0, 0.05) is 18.0 Å². The zero-order valence-electron chi connectivity index (χ0n) is 17.0. The molecular weight excluding hydrogens is 483 g/mol. The number of benzene rings is 1. The SMILES string of the molecule is Cc1sc(N2CCCCC2)nc1C(=O)Nc1ccc(F)cc1C(F)(F)F.O=C(O)C(F)(F)F. The van der Waals surface area contributed by atoms with Crippen molar-refractivity contribution in [1.29, 1.82) is 0 Å². The standard InChI is InChI=1S/C17H17F4N3OS.C2HF3O2/c1-10-14(23-16(26-10)24-7-3-2-4-8-24)15(25)22-13-6-5-11(18)9-12(13)17(19,20)21;3-2(4,5)1(6)7/h5-6,9H,2-4,7-8H2,1H3,(H,22,25);(H,6,7). The van der Waals surface area contributed by atoms with Crippen molar-refractivity contribution >= 4 is 34.0 Å². The molecule has 1 amide bonds. The molecule has 0 bridgehead atoms. The number of halogens is 7. The number of amides is 1. The molecule has 0 saturated carbocycles. The Morgan fingerprint density at radius 3 is 2.18 bits per heavy atom. The van der Waals surface area contributed by atoms with E-state index in [9.17, 15) is 35.5 Å². The predicted octanol–water partition coefficient (Wildman–Crippen LogP) is 5.49. The number of nitrogens with zero attached hydrogens (tertiary/aromatic N) is 2. The molecule has 1 fully saturated rings. The summed E-state index contributed by atoms with van der Waals surface area (Å²) in [6.07, 6.45) is -6.62. The molecule has 1 saturated heterocycles. The highest BCUT2D eigenvalue weighted by molar-refractivity contribution is 7.15. The molecule has 6 nitrogen and oxygen atoms in total. The number of carboxylic acids is 1. The molecule has 0 aliphatic carbocycles. The first-order valence-electron chi connectivity index (χ1n) is 9.40. The van der Waals surface area contributed by atoms with Gasteiger partial charge in [0.2, 0.25) is 0 Å². The Morgan fingerprint density at radius 1 is 1.09 bits per heavy atom. The van der Waals surface area contributed by atoms with Crippen LogP contribution in [0.3, 0.4) is 0 Å². The first-order valence-corrected chi connectivity index (χ1v) is 10.2. The van der Waals surface area contributed by atoms with E-state index in [0.717, 1.165) is 44.5 Å². The Bertz CT molecular complexity index is 999. The monoisotopic (exact) mass is 501 g/mol. The fraction of sp³-hybridized carbons (Fsp3) is 0.421. The van der Waals surface area contributed by atoms with E-state index in [0.29, 0.717) is 16.1 Å². The van der Waals surface area contributed by atoms with E-state index in [-0.39, 0.29) is 5.69 Å². The Hall–Kier alpha value is -2.90. The van der Waals surface area contributed by atoms with E-state index in [1.54, 1.807) is 6.92 Å². The average molecular weight is 501 g/mol. The summed E-state index contributed by atoms with van der Waals surface area (Å²) >= 11 is 1.34. The lowest BCUT2D eigenvalue weighted by molar-refractivity contribution is -0.192. The molecule has 14 heteroatoms. The number of aryl methyl sites for hydroxylation is 1. The molecular formula is C19H18F7N3O3S. The summed E-state index contributed by atoms with van der Waals surface area (Å²) in [4.78, 5) is 28.4. The molecule has 0 spiro atoms. The molecule has 2 N–H and O–H groups in total. The summed E-state index contributed by atoms with van der Waals surface area (Å²) in [7, 11) is 0. The predicted molar refractivity (Wildman–Crippen MR) is 106 cm³/mol. The first-order chi connectivity index (χ1) is 15.2. The van der Waals surface area contributed by atoms with Crippen LogP contribution in [0.4, 0.5) is 41.6 Å². The van der Waals surface area contributed by atoms with Crippen LogP contribution in [-0.4, -0.2) is 41.2 Å². The number of aromatic nitrogens is 1. The molecule has 1 aliphatic heterocycles. The van der Waals surface area contributed by atoms with Gasteiger partial charge in [0.05, 0.1) is 11.3 Å². The van der Waals surface area contributed by atoms with Crippen molar-refractivity contribution in [3.63, 3.8) is 0 Å². The number of anilines is 2. The molecule has 2 aromatic rings. The largest absolute Gasteiger partial charge is 0.490 e. The second-order valence-electron chi connectivity index (χ2n) is 6.89. The normalized spacial score (nSPS) is 14.4. The van der Waals surface area contributed by atoms with Crippen LogP contribution in [0.5, 0.6) is 0 Å². The number of rotatable bonds is 3. The number of carboxylic acid groups (broad SMARTS) is 1. The molecule has 3 rings (SSSR count). The number of alkyl halides is 6. The topological polar surface area (TPSA) is 82.5 Å². The quantitative estimate of drug-likeness (QED) is 0.544. The zero-order valence-corrected chi connectivity index (χ0v) is 17.8. The summed E-state index contributed by atoms with van der Waals surface area (Å²) in [6, 6.07) is 2.14. The third-order valence-corrected chi connectivity index (χ3v) is 5.44. The number of carbonyl (C=O) groups is 2. The van der Waals surface area contributed by atoms with Gasteiger partial charge in [0.25, 0.3) is 5.91 Å². The number of carbonyl (C=O) groups excluding carboxylic acids is 1. The Kier molecular flexibility index (Phi) is 8.27. The van der Waals surface area contributed by atoms with Crippen molar-refractivity contribution in [3.05, 3.63) is 40.2 Å². The molecule has 182 valence electrons. The van der Waals surface area contributed by atoms with Crippen LogP contribution in [0.1, 0.15) is 40.2 Å². The fourth-order valence-corrected chi connectivity index (χ4v) is 3.81. The van der Waals surface area contributed by atoms with Crippen LogP contribution in [0.2, 0.25) is 0 Å². The van der Waals surface area contributed by atoms with Gasteiger partial charge in [-0.15, -0.1) is 11.3 Å². The number of hydrogen-bond donors (Lipinski definition) is 2. The van der Waals surface area contributed by atoms with Crippen LogP contribution in [0.15, 0.2) is 18.2 Å². The molecule has 33 heavy (non-hydrogen) atoms. The molecule has 0 unspecified atom stereocenters. The van der Waals surface area contributed by atoms with E-state index in [4.69, 9.17) is 9.90 Å². The van der Waals surface area contributed by atoms with E-state index in [1.807, 2.05) is 0 Å². The second-order valence-corrected chi connectivity index (χ2v) is 8.08. The third-order valence-electron chi connectivity index (χ3n) is 4.40. The van der Waals surface area contributed by atoms with E-state index >= 15 is 0 Å². The Balaban J connectivity index is 0.000000479. The maximum atomic E-state index is 13.2. The van der Waals surface area contributed by atoms with Gasteiger partial charge in [-0.3, -0.25) is 4.79 Å². The summed E-state index contributed by atoms with van der Waals surface area (Å²) in [6.45, 7) is 3.41. The molecule has 0 atom stereocenters. The van der Waals surface area contributed by atoms with Crippen molar-refractivity contribution in [1.82, 2.24) is 4.98 Å². The van der Waals surface area contributed by atoms with Gasteiger partial charge < -0.3 is 15.3 Å². The van der Waals surface area contributed by atoms with Gasteiger partial charge >= 0.3 is 18.3 Å². The third kappa shape index (κ3) is 7.30. The maximum Gasteiger partial charge on any atom is 0.490 e. The zero-order chi connectivity index (χ0) is 25.0. The highest BCUT2D eigenvalue weighted by atomic mass is 32.1. The highest BCUT2D eigenvalue weighted by Gasteiger charge is 2.38. The van der Waals surface area contributed by atoms with Crippen molar-refractivity contribution in [2.45, 2.75) is 38.5 Å². The van der Waals surface area contributed by atoms with Crippen molar-refractivity contribution in [2.75, 3.05) is 23.3 Å². The van der Waals surface area contributed by atoms with Crippen LogP contribution in [0.25, 0.3) is 0 Å². The lowest BCUT2D eigenvalue weighted by atomic mass is 10.1. The summed E-state index contributed by atoms with van der Waals surface area (Å²) in [5.74, 6) is -4.51. The second kappa shape index (κ2) is 10.4. The van der Waals surface area contributed by atoms with E-state index in [1.165, 1.54) is 11.3 Å². The van der Waals surface area contributed by atoms with E-state index < -0.39 is 41.3 Å². The summed E-state index contributed by atoms with van der Waals surface area (Å²) < 4.78 is 84.1. The minimum absolute atomic E-state index is 0.0908. The molecule has 1 aromatic heterocycles. The van der Waals surface area contributed by atoms with Crippen molar-refractivity contribution < 1.29 is 45.4 Å². The van der Waals surface area contributed by atoms with Crippen LogP contribution in [0, 0.1) is 12.7 Å². The summed E-state index contributed by atoms with van der Waals surface area (Å²) in [5.41, 5.74) is -1.63. The highest BCUT2D eigenvalue weighted by Crippen LogP contribution is 2.36. The first kappa shape index (κ1) is 26.4. The molecule has 1 aliphatic rings. The Labute approximate surface area is 187 Å². The maximum absolute atomic E-state index is 13.2.